The van der Waals surface area contributed by atoms with Crippen LogP contribution in [0.4, 0.5) is 0 Å². The Bertz CT molecular complexity index is 725. The molecule has 3 heteroatoms. The molecule has 0 saturated heterocycles. The van der Waals surface area contributed by atoms with Crippen LogP contribution in [0.25, 0.3) is 10.9 Å². The van der Waals surface area contributed by atoms with E-state index in [9.17, 15) is 5.26 Å². The number of likely N-dealkylation sites (N-methyl/N-ethyl adjacent to an activating group) is 1. The fourth-order valence-corrected chi connectivity index (χ4v) is 3.12. The summed E-state index contributed by atoms with van der Waals surface area (Å²) in [4.78, 5) is 7.17. The average Bonchev–Trinajstić information content (AvgIpc) is 2.47. The molecule has 0 spiro atoms. The number of aromatic nitrogens is 1. The van der Waals surface area contributed by atoms with Crippen molar-refractivity contribution < 1.29 is 0 Å². The van der Waals surface area contributed by atoms with Crippen molar-refractivity contribution in [2.24, 2.45) is 0 Å². The van der Waals surface area contributed by atoms with Gasteiger partial charge in [-0.1, -0.05) is 19.9 Å². The number of nitriles is 1. The molecule has 0 saturated carbocycles. The van der Waals surface area contributed by atoms with Gasteiger partial charge in [0.1, 0.15) is 0 Å². The molecule has 21 heavy (non-hydrogen) atoms. The SMILES string of the molecule is CC(C)c1ccc2nc3c(c(CC#N)c2c1)CN(C)CC3. The van der Waals surface area contributed by atoms with Crippen LogP contribution in [0.5, 0.6) is 0 Å². The molecule has 2 aromatic rings. The summed E-state index contributed by atoms with van der Waals surface area (Å²) in [6, 6.07) is 8.85. The highest BCUT2D eigenvalue weighted by molar-refractivity contribution is 5.85. The van der Waals surface area contributed by atoms with Crippen molar-refractivity contribution in [3.8, 4) is 6.07 Å². The first kappa shape index (κ1) is 14.0. The molecule has 0 atom stereocenters. The van der Waals surface area contributed by atoms with E-state index in [1.165, 1.54) is 22.4 Å². The van der Waals surface area contributed by atoms with Crippen LogP contribution in [-0.4, -0.2) is 23.5 Å². The van der Waals surface area contributed by atoms with Crippen LogP contribution in [0.2, 0.25) is 0 Å². The largest absolute Gasteiger partial charge is 0.302 e. The second-order valence-electron chi connectivity index (χ2n) is 6.27. The molecule has 0 fully saturated rings. The van der Waals surface area contributed by atoms with Gasteiger partial charge in [0.2, 0.25) is 0 Å². The lowest BCUT2D eigenvalue weighted by atomic mass is 9.92. The highest BCUT2D eigenvalue weighted by atomic mass is 15.1. The zero-order valence-electron chi connectivity index (χ0n) is 13.0. The first-order valence-corrected chi connectivity index (χ1v) is 7.60. The molecule has 0 amide bonds. The number of rotatable bonds is 2. The van der Waals surface area contributed by atoms with E-state index in [-0.39, 0.29) is 0 Å². The normalized spacial score (nSPS) is 15.2. The van der Waals surface area contributed by atoms with E-state index in [4.69, 9.17) is 4.98 Å². The second-order valence-corrected chi connectivity index (χ2v) is 6.27. The zero-order chi connectivity index (χ0) is 15.0. The Balaban J connectivity index is 2.27. The van der Waals surface area contributed by atoms with Crippen molar-refractivity contribution in [1.29, 1.82) is 5.26 Å². The number of nitrogens with zero attached hydrogens (tertiary/aromatic N) is 3. The van der Waals surface area contributed by atoms with Gasteiger partial charge in [0.15, 0.2) is 0 Å². The number of hydrogen-bond donors (Lipinski definition) is 0. The Kier molecular flexibility index (Phi) is 3.65. The molecule has 0 aliphatic carbocycles. The summed E-state index contributed by atoms with van der Waals surface area (Å²) in [6.07, 6.45) is 1.45. The monoisotopic (exact) mass is 279 g/mol. The minimum Gasteiger partial charge on any atom is -0.302 e. The summed E-state index contributed by atoms with van der Waals surface area (Å²) in [7, 11) is 2.13. The molecule has 0 bridgehead atoms. The lowest BCUT2D eigenvalue weighted by Crippen LogP contribution is -2.28. The van der Waals surface area contributed by atoms with Crippen molar-refractivity contribution in [1.82, 2.24) is 9.88 Å². The van der Waals surface area contributed by atoms with Crippen LogP contribution in [0.15, 0.2) is 18.2 Å². The van der Waals surface area contributed by atoms with Gasteiger partial charge in [-0.25, -0.2) is 0 Å². The molecule has 3 nitrogen and oxygen atoms in total. The Morgan fingerprint density at radius 1 is 1.38 bits per heavy atom. The maximum absolute atomic E-state index is 9.24. The van der Waals surface area contributed by atoms with Gasteiger partial charge in [-0.15, -0.1) is 0 Å². The number of fused-ring (bicyclic) bond motifs is 2. The van der Waals surface area contributed by atoms with Crippen LogP contribution in [-0.2, 0) is 19.4 Å². The Morgan fingerprint density at radius 3 is 2.90 bits per heavy atom. The van der Waals surface area contributed by atoms with Crippen molar-refractivity contribution in [3.63, 3.8) is 0 Å². The smallest absolute Gasteiger partial charge is 0.0708 e. The summed E-state index contributed by atoms with van der Waals surface area (Å²) in [6.45, 7) is 6.35. The standard InChI is InChI=1S/C18H21N3/c1-12(2)13-4-5-17-15(10-13)14(6-8-19)16-11-21(3)9-7-18(16)20-17/h4-5,10,12H,6-7,9,11H2,1-3H3. The van der Waals surface area contributed by atoms with E-state index in [0.717, 1.165) is 30.4 Å². The predicted octanol–water partition coefficient (Wildman–Crippen LogP) is 3.41. The summed E-state index contributed by atoms with van der Waals surface area (Å²) in [5.74, 6) is 0.489. The minimum atomic E-state index is 0.469. The number of benzene rings is 1. The van der Waals surface area contributed by atoms with Crippen LogP contribution in [0.3, 0.4) is 0 Å². The summed E-state index contributed by atoms with van der Waals surface area (Å²) in [5.41, 5.74) is 5.99. The van der Waals surface area contributed by atoms with E-state index in [2.05, 4.69) is 50.1 Å². The molecule has 1 aliphatic rings. The third-order valence-corrected chi connectivity index (χ3v) is 4.39. The topological polar surface area (TPSA) is 39.9 Å². The van der Waals surface area contributed by atoms with E-state index in [1.807, 2.05) is 0 Å². The van der Waals surface area contributed by atoms with E-state index >= 15 is 0 Å². The van der Waals surface area contributed by atoms with Gasteiger partial charge < -0.3 is 4.90 Å². The van der Waals surface area contributed by atoms with Gasteiger partial charge in [0, 0.05) is 30.6 Å². The number of pyridine rings is 1. The lowest BCUT2D eigenvalue weighted by molar-refractivity contribution is 0.309. The summed E-state index contributed by atoms with van der Waals surface area (Å²) in [5, 5.41) is 10.4. The van der Waals surface area contributed by atoms with Crippen molar-refractivity contribution in [3.05, 3.63) is 40.6 Å². The molecular weight excluding hydrogens is 258 g/mol. The quantitative estimate of drug-likeness (QED) is 0.845. The Labute approximate surface area is 126 Å². The van der Waals surface area contributed by atoms with E-state index in [0.29, 0.717) is 12.3 Å². The van der Waals surface area contributed by atoms with Gasteiger partial charge in [-0.3, -0.25) is 4.98 Å². The first-order chi connectivity index (χ1) is 10.1. The lowest BCUT2D eigenvalue weighted by Gasteiger charge is -2.27. The predicted molar refractivity (Wildman–Crippen MR) is 85.2 cm³/mol. The molecule has 1 aliphatic heterocycles. The van der Waals surface area contributed by atoms with Crippen LogP contribution in [0, 0.1) is 11.3 Å². The Hall–Kier alpha value is -1.92. The van der Waals surface area contributed by atoms with E-state index < -0.39 is 0 Å². The zero-order valence-corrected chi connectivity index (χ0v) is 13.0. The highest BCUT2D eigenvalue weighted by Gasteiger charge is 2.20. The van der Waals surface area contributed by atoms with E-state index in [1.54, 1.807) is 0 Å². The highest BCUT2D eigenvalue weighted by Crippen LogP contribution is 2.30. The Morgan fingerprint density at radius 2 is 2.19 bits per heavy atom. The third kappa shape index (κ3) is 2.52. The first-order valence-electron chi connectivity index (χ1n) is 7.60. The van der Waals surface area contributed by atoms with Crippen LogP contribution >= 0.6 is 0 Å². The van der Waals surface area contributed by atoms with Crippen molar-refractivity contribution in [2.75, 3.05) is 13.6 Å². The fourth-order valence-electron chi connectivity index (χ4n) is 3.12. The fraction of sp³-hybridized carbons (Fsp3) is 0.444. The second kappa shape index (κ2) is 5.46. The van der Waals surface area contributed by atoms with Crippen LogP contribution < -0.4 is 0 Å². The van der Waals surface area contributed by atoms with Crippen LogP contribution in [0.1, 0.15) is 42.1 Å². The maximum Gasteiger partial charge on any atom is 0.0708 e. The molecule has 3 rings (SSSR count). The van der Waals surface area contributed by atoms with Crippen molar-refractivity contribution >= 4 is 10.9 Å². The van der Waals surface area contributed by atoms with Gasteiger partial charge in [-0.05, 0) is 41.8 Å². The molecule has 2 heterocycles. The van der Waals surface area contributed by atoms with Gasteiger partial charge in [0.05, 0.1) is 18.0 Å². The van der Waals surface area contributed by atoms with Gasteiger partial charge in [-0.2, -0.15) is 5.26 Å². The van der Waals surface area contributed by atoms with Crippen molar-refractivity contribution in [2.45, 2.75) is 39.2 Å². The minimum absolute atomic E-state index is 0.469. The molecule has 0 N–H and O–H groups in total. The molecular formula is C18H21N3. The molecule has 1 aromatic heterocycles. The third-order valence-electron chi connectivity index (χ3n) is 4.39. The van der Waals surface area contributed by atoms with Gasteiger partial charge in [0.25, 0.3) is 0 Å². The maximum atomic E-state index is 9.24. The molecule has 0 radical (unpaired) electrons. The van der Waals surface area contributed by atoms with Gasteiger partial charge >= 0.3 is 0 Å². The molecule has 0 unspecified atom stereocenters. The summed E-state index contributed by atoms with van der Waals surface area (Å²) < 4.78 is 0. The molecule has 1 aromatic carbocycles. The summed E-state index contributed by atoms with van der Waals surface area (Å²) >= 11 is 0. The average molecular weight is 279 g/mol. The number of hydrogen-bond acceptors (Lipinski definition) is 3. The molecule has 108 valence electrons.